The fourth-order valence-corrected chi connectivity index (χ4v) is 5.54. The molecule has 2 heteroatoms. The van der Waals surface area contributed by atoms with Gasteiger partial charge in [-0.15, -0.1) is 0 Å². The monoisotopic (exact) mass is 413 g/mol. The van der Waals surface area contributed by atoms with E-state index in [9.17, 15) is 5.11 Å². The minimum atomic E-state index is -0.872. The molecule has 3 aromatic rings. The summed E-state index contributed by atoms with van der Waals surface area (Å²) in [6, 6.07) is 32.2. The molecule has 0 amide bonds. The molecule has 0 saturated carbocycles. The van der Waals surface area contributed by atoms with Gasteiger partial charge in [0, 0.05) is 24.4 Å². The molecule has 0 unspecified atom stereocenters. The number of aliphatic hydroxyl groups is 1. The molecule has 162 valence electrons. The van der Waals surface area contributed by atoms with Crippen molar-refractivity contribution >= 4 is 0 Å². The quantitative estimate of drug-likeness (QED) is 0.426. The highest BCUT2D eigenvalue weighted by Crippen LogP contribution is 2.54. The number of piperidine rings is 1. The van der Waals surface area contributed by atoms with Crippen molar-refractivity contribution in [1.82, 2.24) is 4.90 Å². The lowest BCUT2D eigenvalue weighted by molar-refractivity contribution is -0.130. The zero-order chi connectivity index (χ0) is 21.7. The van der Waals surface area contributed by atoms with Crippen molar-refractivity contribution in [2.24, 2.45) is 5.92 Å². The van der Waals surface area contributed by atoms with E-state index in [1.165, 1.54) is 24.0 Å². The summed E-state index contributed by atoms with van der Waals surface area (Å²) in [5.41, 5.74) is 2.74. The molecular weight excluding hydrogens is 378 g/mol. The molecule has 1 aliphatic rings. The summed E-state index contributed by atoms with van der Waals surface area (Å²) in [5, 5.41) is 12.5. The van der Waals surface area contributed by atoms with Crippen molar-refractivity contribution in [3.63, 3.8) is 0 Å². The standard InChI is InChI=1S/C29H35NO/c1-3-4-8-21-26-28(24-17-11-6-12-18-24)30(2)27(23-15-9-5-10-16-23)22-29(26,31)25-19-13-7-14-20-25/h5-7,9-20,26-28,31H,3-4,8,21-22H2,1-2H3/t26-,27+,28+,29+/m1/s1. The van der Waals surface area contributed by atoms with Gasteiger partial charge in [0.15, 0.2) is 0 Å². The first-order valence-corrected chi connectivity index (χ1v) is 11.7. The van der Waals surface area contributed by atoms with E-state index in [0.29, 0.717) is 6.42 Å². The van der Waals surface area contributed by atoms with Crippen LogP contribution in [0.4, 0.5) is 0 Å². The van der Waals surface area contributed by atoms with Gasteiger partial charge < -0.3 is 5.11 Å². The van der Waals surface area contributed by atoms with E-state index in [2.05, 4.69) is 104 Å². The predicted molar refractivity (Wildman–Crippen MR) is 129 cm³/mol. The van der Waals surface area contributed by atoms with Crippen LogP contribution in [0.5, 0.6) is 0 Å². The Morgan fingerprint density at radius 2 is 1.35 bits per heavy atom. The third kappa shape index (κ3) is 4.46. The first-order valence-electron chi connectivity index (χ1n) is 11.7. The average Bonchev–Trinajstić information content (AvgIpc) is 2.83. The molecule has 4 atom stereocenters. The fourth-order valence-electron chi connectivity index (χ4n) is 5.54. The topological polar surface area (TPSA) is 23.5 Å². The molecule has 1 heterocycles. The van der Waals surface area contributed by atoms with Crippen molar-refractivity contribution in [2.75, 3.05) is 7.05 Å². The van der Waals surface area contributed by atoms with Gasteiger partial charge in [-0.1, -0.05) is 117 Å². The van der Waals surface area contributed by atoms with Gasteiger partial charge >= 0.3 is 0 Å². The van der Waals surface area contributed by atoms with Crippen molar-refractivity contribution in [1.29, 1.82) is 0 Å². The van der Waals surface area contributed by atoms with Gasteiger partial charge in [-0.05, 0) is 30.2 Å². The predicted octanol–water partition coefficient (Wildman–Crippen LogP) is 6.89. The lowest BCUT2D eigenvalue weighted by Gasteiger charge is -2.54. The highest BCUT2D eigenvalue weighted by atomic mass is 16.3. The zero-order valence-electron chi connectivity index (χ0n) is 18.8. The second-order valence-corrected chi connectivity index (χ2v) is 9.04. The van der Waals surface area contributed by atoms with Crippen molar-refractivity contribution < 1.29 is 5.11 Å². The molecular formula is C29H35NO. The minimum Gasteiger partial charge on any atom is -0.385 e. The Balaban J connectivity index is 1.84. The van der Waals surface area contributed by atoms with E-state index in [1.54, 1.807) is 0 Å². The van der Waals surface area contributed by atoms with Gasteiger partial charge in [0.2, 0.25) is 0 Å². The molecule has 0 spiro atoms. The number of likely N-dealkylation sites (tertiary alicyclic amines) is 1. The zero-order valence-corrected chi connectivity index (χ0v) is 18.8. The van der Waals surface area contributed by atoms with Crippen LogP contribution in [-0.4, -0.2) is 17.1 Å². The van der Waals surface area contributed by atoms with Crippen LogP contribution in [0.3, 0.4) is 0 Å². The van der Waals surface area contributed by atoms with Gasteiger partial charge in [0.05, 0.1) is 5.60 Å². The Labute approximate surface area is 187 Å². The van der Waals surface area contributed by atoms with Crippen molar-refractivity contribution in [3.05, 3.63) is 108 Å². The fraction of sp³-hybridized carbons (Fsp3) is 0.379. The molecule has 31 heavy (non-hydrogen) atoms. The molecule has 0 bridgehead atoms. The summed E-state index contributed by atoms with van der Waals surface area (Å²) in [6.07, 6.45) is 5.26. The molecule has 0 aromatic heterocycles. The SMILES string of the molecule is CCCCC[C@@H]1[C@H](c2ccccc2)N(C)[C@H](c2ccccc2)C[C@]1(O)c1ccccc1. The van der Waals surface area contributed by atoms with Crippen LogP contribution < -0.4 is 0 Å². The molecule has 2 nitrogen and oxygen atoms in total. The lowest BCUT2D eigenvalue weighted by atomic mass is 9.65. The van der Waals surface area contributed by atoms with Crippen molar-refractivity contribution in [2.45, 2.75) is 56.7 Å². The Hall–Kier alpha value is -2.42. The second kappa shape index (κ2) is 9.80. The van der Waals surface area contributed by atoms with Gasteiger partial charge in [0.1, 0.15) is 0 Å². The highest BCUT2D eigenvalue weighted by Gasteiger charge is 2.51. The summed E-state index contributed by atoms with van der Waals surface area (Å²) < 4.78 is 0. The van der Waals surface area contributed by atoms with Crippen LogP contribution in [0.2, 0.25) is 0 Å². The van der Waals surface area contributed by atoms with Crippen LogP contribution in [0, 0.1) is 5.92 Å². The van der Waals surface area contributed by atoms with Gasteiger partial charge in [0.25, 0.3) is 0 Å². The molecule has 0 aliphatic carbocycles. The molecule has 1 fully saturated rings. The Morgan fingerprint density at radius 1 is 0.806 bits per heavy atom. The summed E-state index contributed by atoms with van der Waals surface area (Å²) in [7, 11) is 2.24. The summed E-state index contributed by atoms with van der Waals surface area (Å²) >= 11 is 0. The summed E-state index contributed by atoms with van der Waals surface area (Å²) in [5.74, 6) is 0.133. The molecule has 4 rings (SSSR count). The molecule has 1 N–H and O–H groups in total. The maximum atomic E-state index is 12.5. The van der Waals surface area contributed by atoms with Crippen LogP contribution >= 0.6 is 0 Å². The normalized spacial score (nSPS) is 26.6. The highest BCUT2D eigenvalue weighted by molar-refractivity contribution is 5.32. The maximum Gasteiger partial charge on any atom is 0.0961 e. The molecule has 0 radical (unpaired) electrons. The molecule has 3 aromatic carbocycles. The number of benzene rings is 3. The minimum absolute atomic E-state index is 0.133. The van der Waals surface area contributed by atoms with Crippen molar-refractivity contribution in [3.8, 4) is 0 Å². The number of hydrogen-bond acceptors (Lipinski definition) is 2. The van der Waals surface area contributed by atoms with E-state index >= 15 is 0 Å². The lowest BCUT2D eigenvalue weighted by Crippen LogP contribution is -2.52. The van der Waals surface area contributed by atoms with E-state index in [1.807, 2.05) is 6.07 Å². The Bertz CT molecular complexity index is 927. The Morgan fingerprint density at radius 3 is 1.94 bits per heavy atom. The van der Waals surface area contributed by atoms with Gasteiger partial charge in [-0.3, -0.25) is 4.90 Å². The van der Waals surface area contributed by atoms with Crippen LogP contribution in [0.15, 0.2) is 91.0 Å². The van der Waals surface area contributed by atoms with Gasteiger partial charge in [-0.2, -0.15) is 0 Å². The number of hydrogen-bond donors (Lipinski definition) is 1. The first-order chi connectivity index (χ1) is 15.1. The third-order valence-corrected chi connectivity index (χ3v) is 7.15. The molecule has 1 aliphatic heterocycles. The maximum absolute atomic E-state index is 12.5. The smallest absolute Gasteiger partial charge is 0.0961 e. The van der Waals surface area contributed by atoms with Gasteiger partial charge in [-0.25, -0.2) is 0 Å². The third-order valence-electron chi connectivity index (χ3n) is 7.15. The number of rotatable bonds is 7. The second-order valence-electron chi connectivity index (χ2n) is 9.04. The molecule has 1 saturated heterocycles. The van der Waals surface area contributed by atoms with E-state index in [-0.39, 0.29) is 18.0 Å². The van der Waals surface area contributed by atoms with Crippen LogP contribution in [0.25, 0.3) is 0 Å². The summed E-state index contributed by atoms with van der Waals surface area (Å²) in [4.78, 5) is 2.51. The average molecular weight is 414 g/mol. The van der Waals surface area contributed by atoms with Crippen LogP contribution in [-0.2, 0) is 5.60 Å². The van der Waals surface area contributed by atoms with E-state index < -0.39 is 5.60 Å². The van der Waals surface area contributed by atoms with Crippen LogP contribution in [0.1, 0.15) is 67.8 Å². The number of nitrogens with zero attached hydrogens (tertiary/aromatic N) is 1. The number of unbranched alkanes of at least 4 members (excludes halogenated alkanes) is 2. The largest absolute Gasteiger partial charge is 0.385 e. The van der Waals surface area contributed by atoms with E-state index in [0.717, 1.165) is 18.4 Å². The summed E-state index contributed by atoms with van der Waals surface area (Å²) in [6.45, 7) is 2.25. The van der Waals surface area contributed by atoms with E-state index in [4.69, 9.17) is 0 Å². The Kier molecular flexibility index (Phi) is 6.89. The first kappa shape index (κ1) is 21.8.